The van der Waals surface area contributed by atoms with Crippen molar-refractivity contribution in [2.24, 2.45) is 5.73 Å². The Morgan fingerprint density at radius 1 is 1.67 bits per heavy atom. The summed E-state index contributed by atoms with van der Waals surface area (Å²) in [5.74, 6) is 0. The van der Waals surface area contributed by atoms with Crippen LogP contribution in [0.2, 0.25) is 0 Å². The number of thiophene rings is 1. The molecule has 0 aliphatic heterocycles. The highest BCUT2D eigenvalue weighted by atomic mass is 32.1. The van der Waals surface area contributed by atoms with Crippen molar-refractivity contribution in [3.05, 3.63) is 28.1 Å². The van der Waals surface area contributed by atoms with Crippen molar-refractivity contribution >= 4 is 38.8 Å². The number of nitrogens with zero attached hydrogens (tertiary/aromatic N) is 2. The minimum atomic E-state index is -0.0301. The number of hydrogen-bond donors (Lipinski definition) is 1. The highest BCUT2D eigenvalue weighted by molar-refractivity contribution is 7.80. The molecule has 15 heavy (non-hydrogen) atoms. The van der Waals surface area contributed by atoms with Gasteiger partial charge in [0.2, 0.25) is 0 Å². The van der Waals surface area contributed by atoms with E-state index in [2.05, 4.69) is 4.98 Å². The summed E-state index contributed by atoms with van der Waals surface area (Å²) in [4.78, 5) is 17.2. The van der Waals surface area contributed by atoms with Gasteiger partial charge < -0.3 is 5.73 Å². The van der Waals surface area contributed by atoms with Crippen LogP contribution < -0.4 is 11.3 Å². The fourth-order valence-electron chi connectivity index (χ4n) is 1.28. The monoisotopic (exact) mass is 239 g/mol. The zero-order valence-corrected chi connectivity index (χ0v) is 9.48. The first-order chi connectivity index (χ1) is 7.18. The second kappa shape index (κ2) is 4.08. The van der Waals surface area contributed by atoms with Crippen LogP contribution in [0.5, 0.6) is 0 Å². The molecule has 0 unspecified atom stereocenters. The molecule has 0 radical (unpaired) electrons. The summed E-state index contributed by atoms with van der Waals surface area (Å²) in [6, 6.07) is 1.78. The molecule has 0 saturated carbocycles. The van der Waals surface area contributed by atoms with Gasteiger partial charge in [-0.05, 0) is 11.4 Å². The predicted octanol–water partition coefficient (Wildman–Crippen LogP) is 1.13. The molecule has 0 aromatic carbocycles. The van der Waals surface area contributed by atoms with Crippen molar-refractivity contribution in [1.82, 2.24) is 9.55 Å². The summed E-state index contributed by atoms with van der Waals surface area (Å²) in [5, 5.41) is 2.52. The van der Waals surface area contributed by atoms with E-state index in [-0.39, 0.29) is 5.56 Å². The second-order valence-electron chi connectivity index (χ2n) is 3.10. The number of fused-ring (bicyclic) bond motifs is 1. The number of rotatable bonds is 3. The van der Waals surface area contributed by atoms with E-state index in [1.807, 2.05) is 5.38 Å². The van der Waals surface area contributed by atoms with E-state index in [0.29, 0.717) is 23.3 Å². The molecule has 0 saturated heterocycles. The van der Waals surface area contributed by atoms with E-state index in [4.69, 9.17) is 18.0 Å². The lowest BCUT2D eigenvalue weighted by Gasteiger charge is -2.03. The fraction of sp³-hybridized carbons (Fsp3) is 0.222. The maximum Gasteiger partial charge on any atom is 0.262 e. The molecule has 2 heterocycles. The van der Waals surface area contributed by atoms with E-state index < -0.39 is 0 Å². The zero-order chi connectivity index (χ0) is 10.8. The normalized spacial score (nSPS) is 10.7. The van der Waals surface area contributed by atoms with Gasteiger partial charge >= 0.3 is 0 Å². The minimum absolute atomic E-state index is 0.0301. The van der Waals surface area contributed by atoms with Gasteiger partial charge in [0.25, 0.3) is 5.56 Å². The Morgan fingerprint density at radius 3 is 3.20 bits per heavy atom. The SMILES string of the molecule is NC(=S)CCn1cnc2sccc2c1=O. The molecule has 6 heteroatoms. The first-order valence-corrected chi connectivity index (χ1v) is 5.68. The van der Waals surface area contributed by atoms with Gasteiger partial charge in [-0.2, -0.15) is 0 Å². The van der Waals surface area contributed by atoms with Crippen LogP contribution in [0.4, 0.5) is 0 Å². The summed E-state index contributed by atoms with van der Waals surface area (Å²) in [5.41, 5.74) is 5.35. The first kappa shape index (κ1) is 10.3. The third-order valence-corrected chi connectivity index (χ3v) is 3.07. The van der Waals surface area contributed by atoms with Gasteiger partial charge in [0.05, 0.1) is 16.7 Å². The van der Waals surface area contributed by atoms with Crippen LogP contribution in [-0.2, 0) is 6.54 Å². The van der Waals surface area contributed by atoms with Crippen LogP contribution >= 0.6 is 23.6 Å². The van der Waals surface area contributed by atoms with Crippen LogP contribution in [-0.4, -0.2) is 14.5 Å². The Morgan fingerprint density at radius 2 is 2.47 bits per heavy atom. The fourth-order valence-corrected chi connectivity index (χ4v) is 2.10. The summed E-state index contributed by atoms with van der Waals surface area (Å²) in [6.07, 6.45) is 2.06. The summed E-state index contributed by atoms with van der Waals surface area (Å²) >= 11 is 6.22. The second-order valence-corrected chi connectivity index (χ2v) is 4.52. The quantitative estimate of drug-likeness (QED) is 0.816. The van der Waals surface area contributed by atoms with Gasteiger partial charge in [0.1, 0.15) is 4.83 Å². The Bertz CT molecular complexity index is 558. The average Bonchev–Trinajstić information content (AvgIpc) is 2.65. The van der Waals surface area contributed by atoms with Crippen LogP contribution in [0.3, 0.4) is 0 Å². The Hall–Kier alpha value is -1.27. The highest BCUT2D eigenvalue weighted by Gasteiger charge is 2.04. The van der Waals surface area contributed by atoms with Crippen molar-refractivity contribution in [1.29, 1.82) is 0 Å². The smallest absolute Gasteiger partial charge is 0.262 e. The van der Waals surface area contributed by atoms with Crippen molar-refractivity contribution in [2.45, 2.75) is 13.0 Å². The van der Waals surface area contributed by atoms with Gasteiger partial charge in [0, 0.05) is 13.0 Å². The lowest BCUT2D eigenvalue weighted by molar-refractivity contribution is 0.688. The number of nitrogens with two attached hydrogens (primary N) is 1. The lowest BCUT2D eigenvalue weighted by Crippen LogP contribution is -2.22. The molecule has 0 aliphatic rings. The molecular weight excluding hydrogens is 230 g/mol. The van der Waals surface area contributed by atoms with Gasteiger partial charge in [0.15, 0.2) is 0 Å². The van der Waals surface area contributed by atoms with Gasteiger partial charge in [-0.3, -0.25) is 9.36 Å². The maximum atomic E-state index is 11.8. The number of hydrogen-bond acceptors (Lipinski definition) is 4. The molecule has 0 amide bonds. The van der Waals surface area contributed by atoms with E-state index >= 15 is 0 Å². The van der Waals surface area contributed by atoms with E-state index in [0.717, 1.165) is 4.83 Å². The molecule has 0 fully saturated rings. The Kier molecular flexibility index (Phi) is 2.79. The molecule has 2 aromatic rings. The van der Waals surface area contributed by atoms with E-state index in [9.17, 15) is 4.79 Å². The predicted molar refractivity (Wildman–Crippen MR) is 65.3 cm³/mol. The minimum Gasteiger partial charge on any atom is -0.393 e. The van der Waals surface area contributed by atoms with Crippen LogP contribution in [0, 0.1) is 0 Å². The van der Waals surface area contributed by atoms with Gasteiger partial charge in [-0.25, -0.2) is 4.98 Å². The molecule has 0 aliphatic carbocycles. The number of aromatic nitrogens is 2. The third-order valence-electron chi connectivity index (χ3n) is 2.05. The average molecular weight is 239 g/mol. The molecule has 0 spiro atoms. The molecule has 2 rings (SSSR count). The largest absolute Gasteiger partial charge is 0.393 e. The molecule has 2 aromatic heterocycles. The van der Waals surface area contributed by atoms with Crippen molar-refractivity contribution < 1.29 is 0 Å². The third kappa shape index (κ3) is 2.05. The van der Waals surface area contributed by atoms with Crippen LogP contribution in [0.1, 0.15) is 6.42 Å². The van der Waals surface area contributed by atoms with Crippen LogP contribution in [0.25, 0.3) is 10.2 Å². The molecule has 78 valence electrons. The molecular formula is C9H9N3OS2. The highest BCUT2D eigenvalue weighted by Crippen LogP contribution is 2.13. The first-order valence-electron chi connectivity index (χ1n) is 4.39. The number of aryl methyl sites for hydroxylation is 1. The van der Waals surface area contributed by atoms with Gasteiger partial charge in [-0.15, -0.1) is 11.3 Å². The maximum absolute atomic E-state index is 11.8. The van der Waals surface area contributed by atoms with Crippen molar-refractivity contribution in [2.75, 3.05) is 0 Å². The lowest BCUT2D eigenvalue weighted by atomic mass is 10.4. The molecule has 0 bridgehead atoms. The number of thiocarbonyl (C=S) groups is 1. The summed E-state index contributed by atoms with van der Waals surface area (Å²) < 4.78 is 1.54. The molecule has 0 atom stereocenters. The van der Waals surface area contributed by atoms with Crippen molar-refractivity contribution in [3.8, 4) is 0 Å². The topological polar surface area (TPSA) is 60.9 Å². The van der Waals surface area contributed by atoms with Crippen molar-refractivity contribution in [3.63, 3.8) is 0 Å². The Balaban J connectivity index is 2.40. The summed E-state index contributed by atoms with van der Waals surface area (Å²) in [6.45, 7) is 0.493. The molecule has 4 nitrogen and oxygen atoms in total. The van der Waals surface area contributed by atoms with E-state index in [1.165, 1.54) is 15.9 Å². The zero-order valence-electron chi connectivity index (χ0n) is 7.84. The summed E-state index contributed by atoms with van der Waals surface area (Å²) in [7, 11) is 0. The van der Waals surface area contributed by atoms with Gasteiger partial charge in [-0.1, -0.05) is 12.2 Å². The van der Waals surface area contributed by atoms with Crippen LogP contribution in [0.15, 0.2) is 22.6 Å². The Labute approximate surface area is 95.4 Å². The standard InChI is InChI=1S/C9H9N3OS2/c10-7(14)1-3-12-5-11-8-6(9(12)13)2-4-15-8/h2,4-5H,1,3H2,(H2,10,14). The van der Waals surface area contributed by atoms with E-state index in [1.54, 1.807) is 12.4 Å². The molecule has 2 N–H and O–H groups in total.